The molecule has 1 atom stereocenters. The second kappa shape index (κ2) is 7.18. The molecular weight excluding hydrogens is 502 g/mol. The summed E-state index contributed by atoms with van der Waals surface area (Å²) < 4.78 is -11.7. The summed E-state index contributed by atoms with van der Waals surface area (Å²) in [6.07, 6.45) is 0. The fourth-order valence-electron chi connectivity index (χ4n) is 0.985. The molecule has 0 aromatic rings. The van der Waals surface area contributed by atoms with E-state index >= 15 is 0 Å². The second-order valence-electron chi connectivity index (χ2n) is 3.82. The van der Waals surface area contributed by atoms with Crippen LogP contribution in [-0.2, 0) is 0 Å². The van der Waals surface area contributed by atoms with Crippen molar-refractivity contribution < 1.29 is 5.11 Å². The molecule has 122 valence electrons. The van der Waals surface area contributed by atoms with Gasteiger partial charge in [-0.2, -0.15) is 0 Å². The van der Waals surface area contributed by atoms with Crippen molar-refractivity contribution >= 4 is 128 Å². The van der Waals surface area contributed by atoms with Gasteiger partial charge in [0.2, 0.25) is 0 Å². The fraction of sp³-hybridized carbons (Fsp3) is 1.00. The smallest absolute Gasteiger partial charge is 0.189 e. The average Bonchev–Trinajstić information content (AvgIpc) is 2.27. The maximum Gasteiger partial charge on any atom is 0.189 e. The van der Waals surface area contributed by atoms with E-state index in [1.54, 1.807) is 0 Å². The van der Waals surface area contributed by atoms with Gasteiger partial charge in [0, 0.05) is 0 Å². The molecule has 0 amide bonds. The van der Waals surface area contributed by atoms with Crippen LogP contribution >= 0.6 is 128 Å². The van der Waals surface area contributed by atoms with Crippen LogP contribution in [0, 0.1) is 0 Å². The Morgan fingerprint density at radius 1 is 0.750 bits per heavy atom. The van der Waals surface area contributed by atoms with E-state index in [2.05, 4.69) is 0 Å². The summed E-state index contributed by atoms with van der Waals surface area (Å²) in [5.41, 5.74) is 0. The van der Waals surface area contributed by atoms with Gasteiger partial charge in [-0.25, -0.2) is 0 Å². The first-order chi connectivity index (χ1) is 8.50. The van der Waals surface area contributed by atoms with Crippen molar-refractivity contribution in [2.45, 2.75) is 34.0 Å². The Labute approximate surface area is 171 Å². The maximum absolute atomic E-state index is 9.14. The maximum atomic E-state index is 9.14. The van der Waals surface area contributed by atoms with Gasteiger partial charge in [-0.15, -0.1) is 11.6 Å². The molecular formula is C8H7Cl11O. The predicted octanol–water partition coefficient (Wildman–Crippen LogP) is 6.48. The van der Waals surface area contributed by atoms with Crippen LogP contribution in [0.1, 0.15) is 6.92 Å². The first-order valence-corrected chi connectivity index (χ1v) is 8.86. The second-order valence-corrected chi connectivity index (χ2v) is 11.3. The number of alkyl halides is 11. The molecule has 0 heterocycles. The lowest BCUT2D eigenvalue weighted by Gasteiger charge is -2.49. The quantitative estimate of drug-likeness (QED) is 0.407. The average molecular weight is 509 g/mol. The number of aliphatic hydroxyl groups is 1. The Morgan fingerprint density at radius 2 is 1.10 bits per heavy atom. The van der Waals surface area contributed by atoms with Crippen LogP contribution in [0.3, 0.4) is 0 Å². The van der Waals surface area contributed by atoms with Crippen molar-refractivity contribution in [3.05, 3.63) is 0 Å². The van der Waals surface area contributed by atoms with Crippen LogP contribution in [0.5, 0.6) is 0 Å². The number of rotatable bonds is 6. The van der Waals surface area contributed by atoms with Crippen LogP contribution in [0.25, 0.3) is 0 Å². The summed E-state index contributed by atoms with van der Waals surface area (Å²) in [5.74, 6) is 0. The molecule has 1 unspecified atom stereocenters. The normalized spacial score (nSPS) is 17.2. The van der Waals surface area contributed by atoms with Gasteiger partial charge in [0.15, 0.2) is 21.7 Å². The van der Waals surface area contributed by atoms with Crippen LogP contribution in [0.15, 0.2) is 0 Å². The first kappa shape index (κ1) is 23.1. The third kappa shape index (κ3) is 3.70. The van der Waals surface area contributed by atoms with E-state index in [1.807, 2.05) is 0 Å². The molecule has 1 nitrogen and oxygen atoms in total. The number of aliphatic hydroxyl groups excluding tert-OH is 1. The Balaban J connectivity index is 5.98. The highest BCUT2D eigenvalue weighted by Crippen LogP contribution is 2.66. The topological polar surface area (TPSA) is 20.2 Å². The highest BCUT2D eigenvalue weighted by Gasteiger charge is 2.73. The van der Waals surface area contributed by atoms with Gasteiger partial charge >= 0.3 is 0 Å². The van der Waals surface area contributed by atoms with Gasteiger partial charge < -0.3 is 5.11 Å². The van der Waals surface area contributed by atoms with Crippen LogP contribution in [-0.4, -0.2) is 38.8 Å². The standard InChI is InChI=1S/C8H7Cl11O/c1-3(9)5(12,13)7(16,17)8(18,19)6(14,15)4(10,11)2-20/h3,20H,2H2,1H3. The minimum Gasteiger partial charge on any atom is -0.393 e. The van der Waals surface area contributed by atoms with Crippen molar-refractivity contribution in [1.29, 1.82) is 0 Å². The van der Waals surface area contributed by atoms with Gasteiger partial charge in [0.05, 0.1) is 12.0 Å². The number of hydrogen-bond acceptors (Lipinski definition) is 1. The fourth-order valence-corrected chi connectivity index (χ4v) is 4.04. The number of halogens is 11. The Kier molecular flexibility index (Phi) is 8.31. The molecule has 0 bridgehead atoms. The van der Waals surface area contributed by atoms with Gasteiger partial charge in [-0.05, 0) is 6.92 Å². The molecule has 0 aromatic heterocycles. The van der Waals surface area contributed by atoms with Crippen LogP contribution < -0.4 is 0 Å². The lowest BCUT2D eigenvalue weighted by molar-refractivity contribution is 0.262. The lowest BCUT2D eigenvalue weighted by Crippen LogP contribution is -2.65. The summed E-state index contributed by atoms with van der Waals surface area (Å²) in [7, 11) is 0. The van der Waals surface area contributed by atoms with Crippen LogP contribution in [0.4, 0.5) is 0 Å². The van der Waals surface area contributed by atoms with E-state index in [9.17, 15) is 0 Å². The Bertz CT molecular complexity index is 348. The summed E-state index contributed by atoms with van der Waals surface area (Å²) in [6, 6.07) is 0. The van der Waals surface area contributed by atoms with Gasteiger partial charge in [-0.3, -0.25) is 0 Å². The van der Waals surface area contributed by atoms with Crippen molar-refractivity contribution in [2.75, 3.05) is 6.61 Å². The van der Waals surface area contributed by atoms with E-state index in [4.69, 9.17) is 133 Å². The molecule has 20 heavy (non-hydrogen) atoms. The van der Waals surface area contributed by atoms with Gasteiger partial charge in [0.25, 0.3) is 0 Å². The van der Waals surface area contributed by atoms with Gasteiger partial charge in [-0.1, -0.05) is 116 Å². The van der Waals surface area contributed by atoms with Crippen molar-refractivity contribution in [2.24, 2.45) is 0 Å². The summed E-state index contributed by atoms with van der Waals surface area (Å²) in [5, 5.41) is 8.12. The minimum atomic E-state index is -2.52. The zero-order valence-electron chi connectivity index (χ0n) is 9.39. The predicted molar refractivity (Wildman–Crippen MR) is 94.6 cm³/mol. The zero-order valence-corrected chi connectivity index (χ0v) is 17.7. The summed E-state index contributed by atoms with van der Waals surface area (Å²) in [4.78, 5) is 0. The SMILES string of the molecule is CC(Cl)C(Cl)(Cl)C(Cl)(Cl)C(Cl)(Cl)C(Cl)(Cl)C(Cl)(Cl)CO. The van der Waals surface area contributed by atoms with Crippen LogP contribution in [0.2, 0.25) is 0 Å². The first-order valence-electron chi connectivity index (χ1n) is 4.64. The highest BCUT2D eigenvalue weighted by molar-refractivity contribution is 6.76. The third-order valence-corrected chi connectivity index (χ3v) is 10.0. The molecule has 0 rings (SSSR count). The Morgan fingerprint density at radius 3 is 1.35 bits per heavy atom. The van der Waals surface area contributed by atoms with E-state index in [1.165, 1.54) is 6.92 Å². The minimum absolute atomic E-state index is 0.915. The van der Waals surface area contributed by atoms with E-state index in [0.717, 1.165) is 0 Å². The van der Waals surface area contributed by atoms with Crippen molar-refractivity contribution in [3.63, 3.8) is 0 Å². The molecule has 0 aliphatic carbocycles. The molecule has 0 spiro atoms. The molecule has 0 radical (unpaired) electrons. The summed E-state index contributed by atoms with van der Waals surface area (Å²) >= 11 is 65.4. The highest BCUT2D eigenvalue weighted by atomic mass is 35.6. The molecule has 0 aliphatic rings. The Hall–Kier alpha value is 3.15. The monoisotopic (exact) mass is 504 g/mol. The largest absolute Gasteiger partial charge is 0.393 e. The van der Waals surface area contributed by atoms with Gasteiger partial charge in [0.1, 0.15) is 0 Å². The molecule has 1 N–H and O–H groups in total. The molecule has 0 saturated carbocycles. The number of hydrogen-bond donors (Lipinski definition) is 1. The van der Waals surface area contributed by atoms with Crippen molar-refractivity contribution in [1.82, 2.24) is 0 Å². The zero-order chi connectivity index (χ0) is 16.8. The molecule has 0 aromatic carbocycles. The van der Waals surface area contributed by atoms with E-state index < -0.39 is 33.7 Å². The molecule has 0 aliphatic heterocycles. The summed E-state index contributed by atoms with van der Waals surface area (Å²) in [6.45, 7) is 0.470. The van der Waals surface area contributed by atoms with E-state index in [0.29, 0.717) is 0 Å². The lowest BCUT2D eigenvalue weighted by atomic mass is 10.1. The third-order valence-electron chi connectivity index (χ3n) is 2.36. The van der Waals surface area contributed by atoms with Crippen molar-refractivity contribution in [3.8, 4) is 0 Å². The van der Waals surface area contributed by atoms with E-state index in [-0.39, 0.29) is 0 Å². The molecule has 0 saturated heterocycles. The molecule has 0 fully saturated rings. The molecule has 12 heteroatoms.